The van der Waals surface area contributed by atoms with Crippen LogP contribution in [0, 0.1) is 0 Å². The minimum Gasteiger partial charge on any atom is -0.493 e. The van der Waals surface area contributed by atoms with E-state index in [4.69, 9.17) is 14.2 Å². The van der Waals surface area contributed by atoms with Crippen molar-refractivity contribution in [2.24, 2.45) is 0 Å². The van der Waals surface area contributed by atoms with Crippen LogP contribution in [0.1, 0.15) is 22.8 Å². The van der Waals surface area contributed by atoms with E-state index in [0.29, 0.717) is 29.5 Å². The monoisotopic (exact) mass is 484 g/mol. The first-order valence-corrected chi connectivity index (χ1v) is 12.4. The number of anilines is 2. The molecule has 0 aromatic heterocycles. The van der Waals surface area contributed by atoms with Crippen molar-refractivity contribution in [3.8, 4) is 17.2 Å². The van der Waals surface area contributed by atoms with Gasteiger partial charge in [0.25, 0.3) is 5.91 Å². The molecule has 0 saturated carbocycles. The molecule has 0 aliphatic carbocycles. The SMILES string of the molecule is CCN(c1cc(OC)c(OC)cc1C(=O)Nc1ccc(OCc2ccccc2)cc1)S(C)(=O)=O. The lowest BCUT2D eigenvalue weighted by Gasteiger charge is -2.24. The number of methoxy groups -OCH3 is 2. The van der Waals surface area contributed by atoms with Gasteiger partial charge in [-0.1, -0.05) is 30.3 Å². The molecular formula is C25H28N2O6S. The van der Waals surface area contributed by atoms with Crippen molar-refractivity contribution < 1.29 is 27.4 Å². The van der Waals surface area contributed by atoms with Crippen molar-refractivity contribution in [1.29, 1.82) is 0 Å². The Balaban J connectivity index is 1.84. The Hall–Kier alpha value is -3.72. The van der Waals surface area contributed by atoms with Crippen LogP contribution in [0.25, 0.3) is 0 Å². The predicted molar refractivity (Wildman–Crippen MR) is 133 cm³/mol. The zero-order valence-corrected chi connectivity index (χ0v) is 20.4. The van der Waals surface area contributed by atoms with Crippen LogP contribution in [0.5, 0.6) is 17.2 Å². The molecular weight excluding hydrogens is 456 g/mol. The summed E-state index contributed by atoms with van der Waals surface area (Å²) in [7, 11) is -0.746. The first-order valence-electron chi connectivity index (χ1n) is 10.6. The van der Waals surface area contributed by atoms with Crippen molar-refractivity contribution in [3.05, 3.63) is 77.9 Å². The van der Waals surface area contributed by atoms with Gasteiger partial charge in [0, 0.05) is 18.3 Å². The van der Waals surface area contributed by atoms with E-state index in [2.05, 4.69) is 5.32 Å². The van der Waals surface area contributed by atoms with Crippen molar-refractivity contribution in [2.45, 2.75) is 13.5 Å². The number of carbonyl (C=O) groups is 1. The fraction of sp³-hybridized carbons (Fsp3) is 0.240. The van der Waals surface area contributed by atoms with Crippen LogP contribution >= 0.6 is 0 Å². The Labute approximate surface area is 200 Å². The summed E-state index contributed by atoms with van der Waals surface area (Å²) in [4.78, 5) is 13.2. The highest BCUT2D eigenvalue weighted by Gasteiger charge is 2.25. The third-order valence-electron chi connectivity index (χ3n) is 5.06. The molecule has 0 saturated heterocycles. The molecule has 0 aliphatic heterocycles. The third kappa shape index (κ3) is 5.99. The molecule has 0 fully saturated rings. The van der Waals surface area contributed by atoms with E-state index < -0.39 is 15.9 Å². The molecule has 1 amide bonds. The number of ether oxygens (including phenoxy) is 3. The van der Waals surface area contributed by atoms with Gasteiger partial charge in [-0.05, 0) is 42.8 Å². The second-order valence-corrected chi connectivity index (χ2v) is 9.31. The summed E-state index contributed by atoms with van der Waals surface area (Å²) >= 11 is 0. The summed E-state index contributed by atoms with van der Waals surface area (Å²) in [5, 5.41) is 2.81. The predicted octanol–water partition coefficient (Wildman–Crippen LogP) is 4.32. The van der Waals surface area contributed by atoms with Gasteiger partial charge in [0.2, 0.25) is 10.0 Å². The Morgan fingerprint density at radius 3 is 2.12 bits per heavy atom. The zero-order valence-electron chi connectivity index (χ0n) is 19.6. The summed E-state index contributed by atoms with van der Waals surface area (Å²) in [5.41, 5.74) is 1.91. The Bertz CT molecular complexity index is 1230. The van der Waals surface area contributed by atoms with Crippen LogP contribution in [0.2, 0.25) is 0 Å². The smallest absolute Gasteiger partial charge is 0.257 e. The van der Waals surface area contributed by atoms with Crippen LogP contribution in [0.3, 0.4) is 0 Å². The van der Waals surface area contributed by atoms with Gasteiger partial charge in [-0.15, -0.1) is 0 Å². The first-order chi connectivity index (χ1) is 16.3. The second-order valence-electron chi connectivity index (χ2n) is 7.40. The van der Waals surface area contributed by atoms with Gasteiger partial charge in [-0.2, -0.15) is 0 Å². The molecule has 34 heavy (non-hydrogen) atoms. The topological polar surface area (TPSA) is 94.2 Å². The lowest BCUT2D eigenvalue weighted by atomic mass is 10.1. The van der Waals surface area contributed by atoms with Gasteiger partial charge < -0.3 is 19.5 Å². The Kier molecular flexibility index (Phi) is 8.01. The third-order valence-corrected chi connectivity index (χ3v) is 6.32. The maximum atomic E-state index is 13.2. The van der Waals surface area contributed by atoms with Gasteiger partial charge in [-0.3, -0.25) is 9.10 Å². The average molecular weight is 485 g/mol. The van der Waals surface area contributed by atoms with E-state index in [-0.39, 0.29) is 17.8 Å². The average Bonchev–Trinajstić information content (AvgIpc) is 2.83. The molecule has 180 valence electrons. The van der Waals surface area contributed by atoms with Crippen molar-refractivity contribution in [1.82, 2.24) is 0 Å². The van der Waals surface area contributed by atoms with Gasteiger partial charge >= 0.3 is 0 Å². The molecule has 8 nitrogen and oxygen atoms in total. The van der Waals surface area contributed by atoms with Gasteiger partial charge in [-0.25, -0.2) is 8.42 Å². The van der Waals surface area contributed by atoms with Crippen molar-refractivity contribution in [2.75, 3.05) is 36.6 Å². The molecule has 3 aromatic rings. The number of sulfonamides is 1. The fourth-order valence-corrected chi connectivity index (χ4v) is 4.39. The number of nitrogens with one attached hydrogen (secondary N) is 1. The number of rotatable bonds is 10. The standard InChI is InChI=1S/C25H28N2O6S/c1-5-27(34(4,29)30)22-16-24(32-3)23(31-2)15-21(22)25(28)26-19-11-13-20(14-12-19)33-17-18-9-7-6-8-10-18/h6-16H,5,17H2,1-4H3,(H,26,28). The quantitative estimate of drug-likeness (QED) is 0.461. The number of hydrogen-bond acceptors (Lipinski definition) is 6. The highest BCUT2D eigenvalue weighted by atomic mass is 32.2. The fourth-order valence-electron chi connectivity index (χ4n) is 3.41. The number of nitrogens with zero attached hydrogens (tertiary/aromatic N) is 1. The second kappa shape index (κ2) is 10.9. The molecule has 3 aromatic carbocycles. The number of amides is 1. The first kappa shape index (κ1) is 24.9. The number of benzene rings is 3. The Morgan fingerprint density at radius 2 is 1.56 bits per heavy atom. The van der Waals surface area contributed by atoms with Crippen LogP contribution in [0.4, 0.5) is 11.4 Å². The van der Waals surface area contributed by atoms with Crippen LogP contribution in [0.15, 0.2) is 66.7 Å². The van der Waals surface area contributed by atoms with E-state index in [1.807, 2.05) is 30.3 Å². The largest absolute Gasteiger partial charge is 0.493 e. The highest BCUT2D eigenvalue weighted by Crippen LogP contribution is 2.36. The normalized spacial score (nSPS) is 10.9. The molecule has 1 N–H and O–H groups in total. The van der Waals surface area contributed by atoms with E-state index in [1.54, 1.807) is 31.2 Å². The van der Waals surface area contributed by atoms with Gasteiger partial charge in [0.1, 0.15) is 12.4 Å². The number of carbonyl (C=O) groups excluding carboxylic acids is 1. The summed E-state index contributed by atoms with van der Waals surface area (Å²) in [6.45, 7) is 2.26. The minimum absolute atomic E-state index is 0.134. The lowest BCUT2D eigenvalue weighted by Crippen LogP contribution is -2.31. The summed E-state index contributed by atoms with van der Waals surface area (Å²) in [6, 6.07) is 19.7. The molecule has 9 heteroatoms. The Morgan fingerprint density at radius 1 is 0.941 bits per heavy atom. The molecule has 0 radical (unpaired) electrons. The lowest BCUT2D eigenvalue weighted by molar-refractivity contribution is 0.102. The van der Waals surface area contributed by atoms with E-state index in [9.17, 15) is 13.2 Å². The van der Waals surface area contributed by atoms with Crippen molar-refractivity contribution in [3.63, 3.8) is 0 Å². The van der Waals surface area contributed by atoms with Crippen molar-refractivity contribution >= 4 is 27.3 Å². The van der Waals surface area contributed by atoms with E-state index in [1.165, 1.54) is 26.4 Å². The maximum absolute atomic E-state index is 13.2. The summed E-state index contributed by atoms with van der Waals surface area (Å²) in [5.74, 6) is 0.792. The molecule has 0 unspecified atom stereocenters. The molecule has 0 atom stereocenters. The van der Waals surface area contributed by atoms with E-state index >= 15 is 0 Å². The summed E-state index contributed by atoms with van der Waals surface area (Å²) in [6.07, 6.45) is 1.09. The molecule has 0 bridgehead atoms. The zero-order chi connectivity index (χ0) is 24.7. The minimum atomic E-state index is -3.64. The highest BCUT2D eigenvalue weighted by molar-refractivity contribution is 7.92. The summed E-state index contributed by atoms with van der Waals surface area (Å²) < 4.78 is 42.3. The van der Waals surface area contributed by atoms with Gasteiger partial charge in [0.15, 0.2) is 11.5 Å². The molecule has 0 aliphatic rings. The molecule has 3 rings (SSSR count). The molecule has 0 heterocycles. The van der Waals surface area contributed by atoms with Crippen LogP contribution in [-0.4, -0.2) is 41.3 Å². The maximum Gasteiger partial charge on any atom is 0.257 e. The van der Waals surface area contributed by atoms with E-state index in [0.717, 1.165) is 16.1 Å². The molecule has 0 spiro atoms. The van der Waals surface area contributed by atoms with Crippen LogP contribution in [-0.2, 0) is 16.6 Å². The van der Waals surface area contributed by atoms with Crippen LogP contribution < -0.4 is 23.8 Å². The number of hydrogen-bond donors (Lipinski definition) is 1. The van der Waals surface area contributed by atoms with Gasteiger partial charge in [0.05, 0.1) is 31.7 Å².